The summed E-state index contributed by atoms with van der Waals surface area (Å²) in [6.07, 6.45) is 3.84. The van der Waals surface area contributed by atoms with Crippen molar-refractivity contribution in [2.75, 3.05) is 26.3 Å². The van der Waals surface area contributed by atoms with Gasteiger partial charge in [0.15, 0.2) is 0 Å². The van der Waals surface area contributed by atoms with E-state index in [9.17, 15) is 4.79 Å². The SMILES string of the molecule is CCCCCNC(=O)CCOCCN. The summed E-state index contributed by atoms with van der Waals surface area (Å²) in [5.74, 6) is 0.0677. The Morgan fingerprint density at radius 1 is 1.36 bits per heavy atom. The molecular weight excluding hydrogens is 180 g/mol. The number of rotatable bonds is 9. The van der Waals surface area contributed by atoms with Gasteiger partial charge in [-0.05, 0) is 6.42 Å². The van der Waals surface area contributed by atoms with Crippen LogP contribution in [0.1, 0.15) is 32.6 Å². The van der Waals surface area contributed by atoms with Crippen LogP contribution < -0.4 is 11.1 Å². The topological polar surface area (TPSA) is 64.3 Å². The molecule has 0 aliphatic heterocycles. The normalized spacial score (nSPS) is 10.1. The van der Waals surface area contributed by atoms with Crippen molar-refractivity contribution in [3.63, 3.8) is 0 Å². The summed E-state index contributed by atoms with van der Waals surface area (Å²) in [6.45, 7) is 4.43. The maximum atomic E-state index is 11.1. The molecule has 0 rings (SSSR count). The Hall–Kier alpha value is -0.610. The van der Waals surface area contributed by atoms with Gasteiger partial charge in [-0.2, -0.15) is 0 Å². The quantitative estimate of drug-likeness (QED) is 0.540. The van der Waals surface area contributed by atoms with Crippen LogP contribution in [-0.2, 0) is 9.53 Å². The van der Waals surface area contributed by atoms with Crippen LogP contribution in [0.15, 0.2) is 0 Å². The summed E-state index contributed by atoms with van der Waals surface area (Å²) >= 11 is 0. The number of ether oxygens (including phenoxy) is 1. The van der Waals surface area contributed by atoms with Crippen molar-refractivity contribution in [2.45, 2.75) is 32.6 Å². The molecule has 1 amide bonds. The van der Waals surface area contributed by atoms with Crippen LogP contribution in [0.25, 0.3) is 0 Å². The van der Waals surface area contributed by atoms with Crippen molar-refractivity contribution >= 4 is 5.91 Å². The van der Waals surface area contributed by atoms with Crippen LogP contribution in [0.4, 0.5) is 0 Å². The average molecular weight is 202 g/mol. The maximum absolute atomic E-state index is 11.1. The molecule has 4 heteroatoms. The van der Waals surface area contributed by atoms with Gasteiger partial charge in [-0.25, -0.2) is 0 Å². The molecule has 0 unspecified atom stereocenters. The smallest absolute Gasteiger partial charge is 0.222 e. The number of carbonyl (C=O) groups is 1. The average Bonchev–Trinajstić information content (AvgIpc) is 2.19. The Morgan fingerprint density at radius 2 is 2.14 bits per heavy atom. The zero-order chi connectivity index (χ0) is 10.6. The number of hydrogen-bond acceptors (Lipinski definition) is 3. The van der Waals surface area contributed by atoms with Crippen molar-refractivity contribution in [3.05, 3.63) is 0 Å². The predicted octanol–water partition coefficient (Wildman–Crippen LogP) is 0.658. The first-order valence-electron chi connectivity index (χ1n) is 5.35. The Labute approximate surface area is 86.2 Å². The summed E-state index contributed by atoms with van der Waals surface area (Å²) in [5.41, 5.74) is 5.23. The van der Waals surface area contributed by atoms with E-state index in [0.717, 1.165) is 13.0 Å². The highest BCUT2D eigenvalue weighted by atomic mass is 16.5. The van der Waals surface area contributed by atoms with Gasteiger partial charge in [0, 0.05) is 19.5 Å². The number of hydrogen-bond donors (Lipinski definition) is 2. The number of nitrogens with two attached hydrogens (primary N) is 1. The summed E-state index contributed by atoms with van der Waals surface area (Å²) in [6, 6.07) is 0. The molecule has 3 N–H and O–H groups in total. The van der Waals surface area contributed by atoms with E-state index in [2.05, 4.69) is 12.2 Å². The van der Waals surface area contributed by atoms with Gasteiger partial charge in [0.1, 0.15) is 0 Å². The first-order valence-corrected chi connectivity index (χ1v) is 5.35. The molecule has 0 aromatic carbocycles. The fraction of sp³-hybridized carbons (Fsp3) is 0.900. The standard InChI is InChI=1S/C10H22N2O2/c1-2-3-4-7-12-10(13)5-8-14-9-6-11/h2-9,11H2,1H3,(H,12,13). The molecule has 0 aromatic rings. The van der Waals surface area contributed by atoms with Gasteiger partial charge in [-0.1, -0.05) is 19.8 Å². The molecule has 4 nitrogen and oxygen atoms in total. The van der Waals surface area contributed by atoms with Crippen LogP contribution in [-0.4, -0.2) is 32.2 Å². The second-order valence-electron chi connectivity index (χ2n) is 3.21. The van der Waals surface area contributed by atoms with Crippen LogP contribution in [0.2, 0.25) is 0 Å². The fourth-order valence-corrected chi connectivity index (χ4v) is 1.04. The molecule has 0 aromatic heterocycles. The minimum Gasteiger partial charge on any atom is -0.380 e. The molecule has 0 radical (unpaired) electrons. The highest BCUT2D eigenvalue weighted by Gasteiger charge is 1.99. The summed E-state index contributed by atoms with van der Waals surface area (Å²) in [4.78, 5) is 11.1. The van der Waals surface area contributed by atoms with Crippen molar-refractivity contribution in [1.29, 1.82) is 0 Å². The second kappa shape index (κ2) is 10.5. The van der Waals surface area contributed by atoms with Crippen molar-refractivity contribution < 1.29 is 9.53 Å². The van der Waals surface area contributed by atoms with E-state index in [4.69, 9.17) is 10.5 Å². The number of unbranched alkanes of at least 4 members (excludes halogenated alkanes) is 2. The molecule has 0 bridgehead atoms. The third-order valence-corrected chi connectivity index (χ3v) is 1.84. The first-order chi connectivity index (χ1) is 6.81. The van der Waals surface area contributed by atoms with Crippen molar-refractivity contribution in [2.24, 2.45) is 5.73 Å². The Bertz CT molecular complexity index is 126. The minimum atomic E-state index is 0.0677. The lowest BCUT2D eigenvalue weighted by Gasteiger charge is -2.04. The van der Waals surface area contributed by atoms with E-state index in [1.54, 1.807) is 0 Å². The van der Waals surface area contributed by atoms with Gasteiger partial charge >= 0.3 is 0 Å². The first kappa shape index (κ1) is 13.4. The lowest BCUT2D eigenvalue weighted by Crippen LogP contribution is -2.25. The highest BCUT2D eigenvalue weighted by molar-refractivity contribution is 5.75. The molecule has 0 saturated heterocycles. The largest absolute Gasteiger partial charge is 0.380 e. The molecule has 0 atom stereocenters. The number of carbonyl (C=O) groups excluding carboxylic acids is 1. The summed E-state index contributed by atoms with van der Waals surface area (Å²) < 4.78 is 5.10. The second-order valence-corrected chi connectivity index (χ2v) is 3.21. The van der Waals surface area contributed by atoms with Crippen LogP contribution in [0.5, 0.6) is 0 Å². The Morgan fingerprint density at radius 3 is 2.79 bits per heavy atom. The van der Waals surface area contributed by atoms with Crippen molar-refractivity contribution in [1.82, 2.24) is 5.32 Å². The lowest BCUT2D eigenvalue weighted by atomic mass is 10.2. The molecular formula is C10H22N2O2. The molecule has 0 aliphatic rings. The lowest BCUT2D eigenvalue weighted by molar-refractivity contribution is -0.122. The van der Waals surface area contributed by atoms with Gasteiger partial charge in [0.2, 0.25) is 5.91 Å². The molecule has 0 heterocycles. The van der Waals surface area contributed by atoms with Crippen molar-refractivity contribution in [3.8, 4) is 0 Å². The molecule has 84 valence electrons. The van der Waals surface area contributed by atoms with Gasteiger partial charge < -0.3 is 15.8 Å². The highest BCUT2D eigenvalue weighted by Crippen LogP contribution is 1.91. The van der Waals surface area contributed by atoms with E-state index in [0.29, 0.717) is 26.2 Å². The van der Waals surface area contributed by atoms with Gasteiger partial charge in [-0.3, -0.25) is 4.79 Å². The molecule has 0 fully saturated rings. The minimum absolute atomic E-state index is 0.0677. The molecule has 0 saturated carbocycles. The van der Waals surface area contributed by atoms with Gasteiger partial charge in [0.25, 0.3) is 0 Å². The van der Waals surface area contributed by atoms with E-state index >= 15 is 0 Å². The number of nitrogens with one attached hydrogen (secondary N) is 1. The summed E-state index contributed by atoms with van der Waals surface area (Å²) in [7, 11) is 0. The third-order valence-electron chi connectivity index (χ3n) is 1.84. The molecule has 14 heavy (non-hydrogen) atoms. The monoisotopic (exact) mass is 202 g/mol. The van der Waals surface area contributed by atoms with Crippen LogP contribution in [0.3, 0.4) is 0 Å². The van der Waals surface area contributed by atoms with E-state index in [1.165, 1.54) is 12.8 Å². The maximum Gasteiger partial charge on any atom is 0.222 e. The van der Waals surface area contributed by atoms with Crippen LogP contribution in [0, 0.1) is 0 Å². The molecule has 0 aliphatic carbocycles. The van der Waals surface area contributed by atoms with E-state index < -0.39 is 0 Å². The zero-order valence-corrected chi connectivity index (χ0v) is 9.05. The van der Waals surface area contributed by atoms with E-state index in [1.807, 2.05) is 0 Å². The van der Waals surface area contributed by atoms with Gasteiger partial charge in [-0.15, -0.1) is 0 Å². The Balaban J connectivity index is 3.11. The van der Waals surface area contributed by atoms with Gasteiger partial charge in [0.05, 0.1) is 13.2 Å². The fourth-order valence-electron chi connectivity index (χ4n) is 1.04. The Kier molecular flexibility index (Phi) is 10.0. The third kappa shape index (κ3) is 9.48. The predicted molar refractivity (Wildman–Crippen MR) is 57.0 cm³/mol. The van der Waals surface area contributed by atoms with E-state index in [-0.39, 0.29) is 5.91 Å². The molecule has 0 spiro atoms. The zero-order valence-electron chi connectivity index (χ0n) is 9.05. The van der Waals surface area contributed by atoms with Crippen LogP contribution >= 0.6 is 0 Å². The summed E-state index contributed by atoms with van der Waals surface area (Å²) in [5, 5.41) is 2.84. The number of amides is 1.